The summed E-state index contributed by atoms with van der Waals surface area (Å²) in [6, 6.07) is 4.01. The van der Waals surface area contributed by atoms with Crippen LogP contribution >= 0.6 is 0 Å². The summed E-state index contributed by atoms with van der Waals surface area (Å²) in [5.41, 5.74) is -0.229. The van der Waals surface area contributed by atoms with Crippen molar-refractivity contribution in [3.8, 4) is 0 Å². The molecule has 3 unspecified atom stereocenters. The van der Waals surface area contributed by atoms with Gasteiger partial charge in [-0.3, -0.25) is 0 Å². The lowest BCUT2D eigenvalue weighted by Crippen LogP contribution is -2.49. The van der Waals surface area contributed by atoms with Gasteiger partial charge in [0, 0.05) is 19.1 Å². The maximum atomic E-state index is 13.7. The van der Waals surface area contributed by atoms with E-state index in [9.17, 15) is 13.9 Å². The summed E-state index contributed by atoms with van der Waals surface area (Å²) in [6.45, 7) is 7.68. The molecule has 1 N–H and O–H groups in total. The van der Waals surface area contributed by atoms with Crippen LogP contribution in [0.2, 0.25) is 0 Å². The lowest BCUT2D eigenvalue weighted by molar-refractivity contribution is 0.0441. The minimum atomic E-state index is -1.15. The molecule has 0 bridgehead atoms. The predicted octanol–water partition coefficient (Wildman–Crippen LogP) is 2.66. The second-order valence-corrected chi connectivity index (χ2v) is 6.32. The Kier molecular flexibility index (Phi) is 5.89. The van der Waals surface area contributed by atoms with E-state index in [1.165, 1.54) is 18.2 Å². The van der Waals surface area contributed by atoms with Crippen molar-refractivity contribution >= 4 is 0 Å². The van der Waals surface area contributed by atoms with Crippen molar-refractivity contribution < 1.29 is 13.9 Å². The van der Waals surface area contributed by atoms with Crippen molar-refractivity contribution in [3.05, 3.63) is 35.4 Å². The van der Waals surface area contributed by atoms with Crippen LogP contribution in [0.4, 0.5) is 8.78 Å². The molecule has 1 saturated heterocycles. The Labute approximate surface area is 131 Å². The van der Waals surface area contributed by atoms with Crippen LogP contribution in [0.15, 0.2) is 18.2 Å². The van der Waals surface area contributed by atoms with E-state index in [-0.39, 0.29) is 12.1 Å². The summed E-state index contributed by atoms with van der Waals surface area (Å²) in [7, 11) is 1.92. The molecule has 0 aliphatic carbocycles. The lowest BCUT2D eigenvalue weighted by atomic mass is 9.92. The Bertz CT molecular complexity index is 477. The highest BCUT2D eigenvalue weighted by molar-refractivity contribution is 5.22. The van der Waals surface area contributed by atoms with Gasteiger partial charge >= 0.3 is 0 Å². The molecular weight excluding hydrogens is 286 g/mol. The number of aliphatic hydroxyl groups is 1. The second-order valence-electron chi connectivity index (χ2n) is 6.32. The largest absolute Gasteiger partial charge is 0.387 e. The van der Waals surface area contributed by atoms with E-state index in [2.05, 4.69) is 18.7 Å². The summed E-state index contributed by atoms with van der Waals surface area (Å²) in [5.74, 6) is -0.902. The Morgan fingerprint density at radius 1 is 1.36 bits per heavy atom. The third-order valence-corrected chi connectivity index (χ3v) is 4.75. The highest BCUT2D eigenvalue weighted by Crippen LogP contribution is 2.25. The van der Waals surface area contributed by atoms with Crippen molar-refractivity contribution in [3.63, 3.8) is 0 Å². The number of rotatable bonds is 5. The van der Waals surface area contributed by atoms with E-state index in [1.54, 1.807) is 0 Å². The standard InChI is InChI=1S/C17H26F2N2O/c1-4-21-9-8-15(12(2)10-21)20(3)11-16(22)17-13(18)6-5-7-14(17)19/h5-7,12,15-16,22H,4,8-11H2,1-3H3. The van der Waals surface area contributed by atoms with Crippen LogP contribution in [0.5, 0.6) is 0 Å². The SMILES string of the molecule is CCN1CCC(N(C)CC(O)c2c(F)cccc2F)C(C)C1. The fourth-order valence-electron chi connectivity index (χ4n) is 3.49. The van der Waals surface area contributed by atoms with Gasteiger partial charge < -0.3 is 14.9 Å². The van der Waals surface area contributed by atoms with Crippen molar-refractivity contribution in [2.75, 3.05) is 33.2 Å². The molecule has 124 valence electrons. The number of piperidine rings is 1. The van der Waals surface area contributed by atoms with Crippen LogP contribution in [0, 0.1) is 17.6 Å². The molecule has 0 aromatic heterocycles. The van der Waals surface area contributed by atoms with E-state index in [1.807, 2.05) is 11.9 Å². The first-order valence-electron chi connectivity index (χ1n) is 7.98. The van der Waals surface area contributed by atoms with Gasteiger partial charge in [-0.2, -0.15) is 0 Å². The maximum absolute atomic E-state index is 13.7. The quantitative estimate of drug-likeness (QED) is 0.905. The van der Waals surface area contributed by atoms with Crippen molar-refractivity contribution in [2.24, 2.45) is 5.92 Å². The third-order valence-electron chi connectivity index (χ3n) is 4.75. The zero-order valence-corrected chi connectivity index (χ0v) is 13.6. The minimum absolute atomic E-state index is 0.229. The fourth-order valence-corrected chi connectivity index (χ4v) is 3.49. The number of nitrogens with zero attached hydrogens (tertiary/aromatic N) is 2. The van der Waals surface area contributed by atoms with Crippen LogP contribution < -0.4 is 0 Å². The van der Waals surface area contributed by atoms with Gasteiger partial charge in [0.05, 0.1) is 11.7 Å². The van der Waals surface area contributed by atoms with E-state index in [4.69, 9.17) is 0 Å². The molecule has 1 aromatic carbocycles. The number of likely N-dealkylation sites (N-methyl/N-ethyl adjacent to an activating group) is 1. The molecule has 0 spiro atoms. The fraction of sp³-hybridized carbons (Fsp3) is 0.647. The van der Waals surface area contributed by atoms with E-state index in [0.29, 0.717) is 12.0 Å². The van der Waals surface area contributed by atoms with Crippen LogP contribution in [0.1, 0.15) is 31.9 Å². The first kappa shape index (κ1) is 17.3. The molecule has 2 rings (SSSR count). The Morgan fingerprint density at radius 3 is 2.55 bits per heavy atom. The zero-order chi connectivity index (χ0) is 16.3. The molecule has 1 heterocycles. The van der Waals surface area contributed by atoms with Crippen LogP contribution in [-0.4, -0.2) is 54.2 Å². The van der Waals surface area contributed by atoms with Gasteiger partial charge in [0.1, 0.15) is 11.6 Å². The van der Waals surface area contributed by atoms with E-state index >= 15 is 0 Å². The monoisotopic (exact) mass is 312 g/mol. The molecule has 1 aromatic rings. The molecule has 22 heavy (non-hydrogen) atoms. The smallest absolute Gasteiger partial charge is 0.131 e. The Morgan fingerprint density at radius 2 is 2.00 bits per heavy atom. The topological polar surface area (TPSA) is 26.7 Å². The summed E-state index contributed by atoms with van der Waals surface area (Å²) in [5, 5.41) is 10.2. The molecule has 0 radical (unpaired) electrons. The average Bonchev–Trinajstić information content (AvgIpc) is 2.46. The van der Waals surface area contributed by atoms with Crippen LogP contribution in [-0.2, 0) is 0 Å². The van der Waals surface area contributed by atoms with Gasteiger partial charge in [0.2, 0.25) is 0 Å². The average molecular weight is 312 g/mol. The number of aliphatic hydroxyl groups excluding tert-OH is 1. The molecule has 0 amide bonds. The molecule has 1 fully saturated rings. The molecule has 1 aliphatic rings. The summed E-state index contributed by atoms with van der Waals surface area (Å²) in [4.78, 5) is 4.44. The number of hydrogen-bond acceptors (Lipinski definition) is 3. The predicted molar refractivity (Wildman–Crippen MR) is 83.6 cm³/mol. The van der Waals surface area contributed by atoms with E-state index < -0.39 is 17.7 Å². The van der Waals surface area contributed by atoms with Crippen molar-refractivity contribution in [1.29, 1.82) is 0 Å². The van der Waals surface area contributed by atoms with Crippen LogP contribution in [0.25, 0.3) is 0 Å². The highest BCUT2D eigenvalue weighted by Gasteiger charge is 2.30. The first-order valence-corrected chi connectivity index (χ1v) is 7.98. The molecule has 0 saturated carbocycles. The first-order chi connectivity index (χ1) is 10.4. The molecule has 1 aliphatic heterocycles. The lowest BCUT2D eigenvalue weighted by Gasteiger charge is -2.41. The molecule has 3 atom stereocenters. The van der Waals surface area contributed by atoms with Gasteiger partial charge in [0.25, 0.3) is 0 Å². The third kappa shape index (κ3) is 3.83. The number of hydrogen-bond donors (Lipinski definition) is 1. The molecular formula is C17H26F2N2O. The Balaban J connectivity index is 2.01. The van der Waals surface area contributed by atoms with Gasteiger partial charge in [-0.25, -0.2) is 8.78 Å². The minimum Gasteiger partial charge on any atom is -0.387 e. The summed E-state index contributed by atoms with van der Waals surface area (Å²) >= 11 is 0. The summed E-state index contributed by atoms with van der Waals surface area (Å²) < 4.78 is 27.5. The normalized spacial score (nSPS) is 24.7. The zero-order valence-electron chi connectivity index (χ0n) is 13.6. The van der Waals surface area contributed by atoms with Gasteiger partial charge in [-0.15, -0.1) is 0 Å². The number of halogens is 2. The highest BCUT2D eigenvalue weighted by atomic mass is 19.1. The number of benzene rings is 1. The Hall–Kier alpha value is -1.04. The van der Waals surface area contributed by atoms with E-state index in [0.717, 1.165) is 26.1 Å². The summed E-state index contributed by atoms with van der Waals surface area (Å²) in [6.07, 6.45) is -0.138. The molecule has 3 nitrogen and oxygen atoms in total. The van der Waals surface area contributed by atoms with Crippen LogP contribution in [0.3, 0.4) is 0 Å². The molecule has 5 heteroatoms. The van der Waals surface area contributed by atoms with Gasteiger partial charge in [-0.05, 0) is 44.6 Å². The van der Waals surface area contributed by atoms with Crippen molar-refractivity contribution in [2.45, 2.75) is 32.4 Å². The maximum Gasteiger partial charge on any atom is 0.131 e. The van der Waals surface area contributed by atoms with Gasteiger partial charge in [-0.1, -0.05) is 19.9 Å². The van der Waals surface area contributed by atoms with Gasteiger partial charge in [0.15, 0.2) is 0 Å². The van der Waals surface area contributed by atoms with Crippen molar-refractivity contribution in [1.82, 2.24) is 9.80 Å². The second kappa shape index (κ2) is 7.49. The number of likely N-dealkylation sites (tertiary alicyclic amines) is 1.